The third kappa shape index (κ3) is 4.71. The topological polar surface area (TPSA) is 76.7 Å². The highest BCUT2D eigenvalue weighted by atomic mass is 16.2. The van der Waals surface area contributed by atoms with Gasteiger partial charge < -0.3 is 14.8 Å². The lowest BCUT2D eigenvalue weighted by molar-refractivity contribution is -0.135. The molecule has 3 rings (SSSR count). The Balaban J connectivity index is 1.55. The number of hydrogen-bond acceptors (Lipinski definition) is 4. The van der Waals surface area contributed by atoms with Gasteiger partial charge in [0.25, 0.3) is 5.91 Å². The van der Waals surface area contributed by atoms with E-state index in [0.29, 0.717) is 55.8 Å². The molecule has 160 valence electrons. The second kappa shape index (κ2) is 8.69. The first-order chi connectivity index (χ1) is 13.7. The fourth-order valence-electron chi connectivity index (χ4n) is 4.92. The lowest BCUT2D eigenvalue weighted by atomic mass is 9.92. The number of aromatic amines is 1. The van der Waals surface area contributed by atoms with Crippen molar-refractivity contribution in [3.63, 3.8) is 0 Å². The first kappa shape index (κ1) is 21.6. The lowest BCUT2D eigenvalue weighted by Crippen LogP contribution is -2.53. The molecule has 1 N–H and O–H groups in total. The molecule has 0 aromatic carbocycles. The zero-order valence-electron chi connectivity index (χ0n) is 18.4. The minimum atomic E-state index is -0.0669. The maximum absolute atomic E-state index is 12.9. The Kier molecular flexibility index (Phi) is 6.46. The van der Waals surface area contributed by atoms with Crippen LogP contribution in [-0.4, -0.2) is 83.1 Å². The zero-order valence-corrected chi connectivity index (χ0v) is 18.4. The minimum Gasteiger partial charge on any atom is -0.354 e. The Hall–Kier alpha value is -2.15. The van der Waals surface area contributed by atoms with Crippen molar-refractivity contribution >= 4 is 17.6 Å². The number of hydrogen-bond donors (Lipinski definition) is 1. The summed E-state index contributed by atoms with van der Waals surface area (Å²) in [7, 11) is 0. The molecule has 2 saturated heterocycles. The zero-order chi connectivity index (χ0) is 21.3. The van der Waals surface area contributed by atoms with E-state index in [9.17, 15) is 14.4 Å². The minimum absolute atomic E-state index is 0.0278. The summed E-state index contributed by atoms with van der Waals surface area (Å²) in [5.74, 6) is 1.22. The third-order valence-electron chi connectivity index (χ3n) is 6.24. The largest absolute Gasteiger partial charge is 0.354 e. The summed E-state index contributed by atoms with van der Waals surface area (Å²) >= 11 is 0. The number of Topliss-reactive ketones (excluding diaryl/α,β-unsaturated/α-hetero) is 1. The van der Waals surface area contributed by atoms with Crippen LogP contribution in [0.25, 0.3) is 0 Å². The first-order valence-corrected chi connectivity index (χ1v) is 10.7. The number of piperidine rings is 1. The van der Waals surface area contributed by atoms with Crippen molar-refractivity contribution in [1.29, 1.82) is 0 Å². The fraction of sp³-hybridized carbons (Fsp3) is 0.682. The molecule has 0 saturated carbocycles. The van der Waals surface area contributed by atoms with E-state index in [4.69, 9.17) is 0 Å². The molecule has 2 unspecified atom stereocenters. The van der Waals surface area contributed by atoms with Crippen molar-refractivity contribution < 1.29 is 14.4 Å². The molecule has 3 heterocycles. The highest BCUT2D eigenvalue weighted by molar-refractivity contribution is 6.02. The van der Waals surface area contributed by atoms with E-state index in [0.717, 1.165) is 24.3 Å². The summed E-state index contributed by atoms with van der Waals surface area (Å²) in [4.78, 5) is 46.5. The number of likely N-dealkylation sites (tertiary alicyclic amines) is 1. The second-order valence-corrected chi connectivity index (χ2v) is 8.99. The molecule has 1 aromatic heterocycles. The number of amides is 2. The monoisotopic (exact) mass is 402 g/mol. The van der Waals surface area contributed by atoms with Gasteiger partial charge in [0.2, 0.25) is 5.91 Å². The lowest BCUT2D eigenvalue weighted by Gasteiger charge is -2.38. The highest BCUT2D eigenvalue weighted by Gasteiger charge is 2.30. The van der Waals surface area contributed by atoms with E-state index < -0.39 is 0 Å². The van der Waals surface area contributed by atoms with Crippen LogP contribution in [0.3, 0.4) is 0 Å². The molecule has 0 radical (unpaired) electrons. The van der Waals surface area contributed by atoms with Gasteiger partial charge in [-0.25, -0.2) is 0 Å². The van der Waals surface area contributed by atoms with Gasteiger partial charge in [-0.05, 0) is 44.6 Å². The molecule has 7 nitrogen and oxygen atoms in total. The Bertz CT molecular complexity index is 782. The summed E-state index contributed by atoms with van der Waals surface area (Å²) in [6.07, 6.45) is 1.19. The molecule has 7 heteroatoms. The molecule has 2 aliphatic heterocycles. The smallest absolute Gasteiger partial charge is 0.270 e. The summed E-state index contributed by atoms with van der Waals surface area (Å²) in [5, 5.41) is 0. The van der Waals surface area contributed by atoms with Crippen molar-refractivity contribution in [2.75, 3.05) is 45.8 Å². The van der Waals surface area contributed by atoms with Gasteiger partial charge in [0.1, 0.15) is 5.69 Å². The molecule has 2 aliphatic rings. The number of nitrogens with one attached hydrogen (secondary N) is 1. The SMILES string of the molecule is CC(=O)c1c(C)[nH]c(C(=O)N2CCN(CC(=O)N3CC(C)CC(C)C3)CC2)c1C. The Labute approximate surface area is 173 Å². The molecule has 2 fully saturated rings. The van der Waals surface area contributed by atoms with Crippen LogP contribution in [0, 0.1) is 25.7 Å². The predicted octanol–water partition coefficient (Wildman–Crippen LogP) is 2.10. The Morgan fingerprint density at radius 3 is 2.07 bits per heavy atom. The van der Waals surface area contributed by atoms with E-state index in [1.165, 1.54) is 13.3 Å². The highest BCUT2D eigenvalue weighted by Crippen LogP contribution is 2.22. The number of carbonyl (C=O) groups excluding carboxylic acids is 3. The molecule has 29 heavy (non-hydrogen) atoms. The van der Waals surface area contributed by atoms with Gasteiger partial charge in [-0.3, -0.25) is 19.3 Å². The second-order valence-electron chi connectivity index (χ2n) is 8.99. The summed E-state index contributed by atoms with van der Waals surface area (Å²) in [6.45, 7) is 14.3. The van der Waals surface area contributed by atoms with Gasteiger partial charge >= 0.3 is 0 Å². The number of aromatic nitrogens is 1. The van der Waals surface area contributed by atoms with Crippen molar-refractivity contribution in [2.45, 2.75) is 41.0 Å². The Morgan fingerprint density at radius 2 is 1.55 bits per heavy atom. The molecule has 0 aliphatic carbocycles. The normalized spacial score (nSPS) is 23.3. The summed E-state index contributed by atoms with van der Waals surface area (Å²) in [6, 6.07) is 0. The van der Waals surface area contributed by atoms with Crippen LogP contribution in [0.2, 0.25) is 0 Å². The van der Waals surface area contributed by atoms with Crippen LogP contribution in [-0.2, 0) is 4.79 Å². The molecular formula is C22H34N4O3. The summed E-state index contributed by atoms with van der Waals surface area (Å²) in [5.41, 5.74) is 2.59. The van der Waals surface area contributed by atoms with Gasteiger partial charge in [0.15, 0.2) is 5.78 Å². The van der Waals surface area contributed by atoms with Crippen LogP contribution in [0.5, 0.6) is 0 Å². The maximum atomic E-state index is 12.9. The average molecular weight is 403 g/mol. The number of piperazine rings is 1. The number of ketones is 1. The Morgan fingerprint density at radius 1 is 0.966 bits per heavy atom. The van der Waals surface area contributed by atoms with Crippen molar-refractivity contribution in [3.05, 3.63) is 22.5 Å². The van der Waals surface area contributed by atoms with Crippen LogP contribution in [0.4, 0.5) is 0 Å². The summed E-state index contributed by atoms with van der Waals surface area (Å²) < 4.78 is 0. The van der Waals surface area contributed by atoms with Gasteiger partial charge in [-0.15, -0.1) is 0 Å². The average Bonchev–Trinajstić information content (AvgIpc) is 2.95. The van der Waals surface area contributed by atoms with Gasteiger partial charge in [0.05, 0.1) is 6.54 Å². The third-order valence-corrected chi connectivity index (χ3v) is 6.24. The number of carbonyl (C=O) groups is 3. The quantitative estimate of drug-likeness (QED) is 0.783. The van der Waals surface area contributed by atoms with Crippen LogP contribution < -0.4 is 0 Å². The number of rotatable bonds is 4. The van der Waals surface area contributed by atoms with Crippen LogP contribution >= 0.6 is 0 Å². The van der Waals surface area contributed by atoms with Gasteiger partial charge in [-0.2, -0.15) is 0 Å². The van der Waals surface area contributed by atoms with E-state index in [2.05, 4.69) is 23.7 Å². The van der Waals surface area contributed by atoms with Crippen molar-refractivity contribution in [2.24, 2.45) is 11.8 Å². The number of aryl methyl sites for hydroxylation is 1. The molecule has 2 atom stereocenters. The van der Waals surface area contributed by atoms with Crippen molar-refractivity contribution in [1.82, 2.24) is 19.7 Å². The fourth-order valence-corrected chi connectivity index (χ4v) is 4.92. The number of nitrogens with zero attached hydrogens (tertiary/aromatic N) is 3. The van der Waals surface area contributed by atoms with E-state index in [-0.39, 0.29) is 17.6 Å². The van der Waals surface area contributed by atoms with E-state index >= 15 is 0 Å². The molecule has 0 spiro atoms. The molecule has 1 aromatic rings. The predicted molar refractivity (Wildman–Crippen MR) is 112 cm³/mol. The molecular weight excluding hydrogens is 368 g/mol. The van der Waals surface area contributed by atoms with Crippen LogP contribution in [0.15, 0.2) is 0 Å². The van der Waals surface area contributed by atoms with Crippen molar-refractivity contribution in [3.8, 4) is 0 Å². The van der Waals surface area contributed by atoms with E-state index in [1.807, 2.05) is 23.6 Å². The van der Waals surface area contributed by atoms with E-state index in [1.54, 1.807) is 0 Å². The van der Waals surface area contributed by atoms with Gasteiger partial charge in [-0.1, -0.05) is 13.8 Å². The maximum Gasteiger partial charge on any atom is 0.270 e. The molecule has 2 amide bonds. The number of H-pyrrole nitrogens is 1. The molecule has 0 bridgehead atoms. The van der Waals surface area contributed by atoms with Gasteiger partial charge in [0, 0.05) is 50.5 Å². The van der Waals surface area contributed by atoms with Crippen LogP contribution in [0.1, 0.15) is 59.3 Å². The first-order valence-electron chi connectivity index (χ1n) is 10.7. The standard InChI is InChI=1S/C22H34N4O3/c1-14-10-15(2)12-26(11-14)19(28)13-24-6-8-25(9-7-24)22(29)21-16(3)20(18(5)27)17(4)23-21/h14-15,23H,6-13H2,1-5H3.